The van der Waals surface area contributed by atoms with Crippen LogP contribution in [0.4, 0.5) is 0 Å². The van der Waals surface area contributed by atoms with Gasteiger partial charge in [-0.25, -0.2) is 0 Å². The molecule has 1 atom stereocenters. The Balaban J connectivity index is 3.00. The number of carbonyl (C=O) groups is 1. The second kappa shape index (κ2) is 4.36. The van der Waals surface area contributed by atoms with Crippen LogP contribution in [0.25, 0.3) is 0 Å². The first kappa shape index (κ1) is 9.39. The number of aryl methyl sites for hydroxylation is 1. The minimum Gasteiger partial charge on any atom is -0.303 e. The number of pyridine rings is 1. The number of aldehydes is 1. The van der Waals surface area contributed by atoms with Crippen LogP contribution in [0.2, 0.25) is 0 Å². The molecule has 0 radical (unpaired) electrons. The molecule has 0 saturated carbocycles. The van der Waals surface area contributed by atoms with Crippen molar-refractivity contribution in [1.29, 1.82) is 0 Å². The zero-order chi connectivity index (χ0) is 8.97. The van der Waals surface area contributed by atoms with Crippen molar-refractivity contribution in [2.45, 2.75) is 12.8 Å². The van der Waals surface area contributed by atoms with Gasteiger partial charge in [-0.05, 0) is 24.1 Å². The summed E-state index contributed by atoms with van der Waals surface area (Å²) < 4.78 is 0. The molecule has 0 bridgehead atoms. The Morgan fingerprint density at radius 3 is 3.00 bits per heavy atom. The standard InChI is InChI=1S/C9H10BrNO/c1-7-2-3-11-5-9(7)8(4-10)6-12/h2-3,5-6,8H,4H2,1H3. The molecule has 2 nitrogen and oxygen atoms in total. The normalized spacial score (nSPS) is 12.5. The molecule has 64 valence electrons. The van der Waals surface area contributed by atoms with Gasteiger partial charge in [0, 0.05) is 17.7 Å². The average Bonchev–Trinajstić information content (AvgIpc) is 2.10. The van der Waals surface area contributed by atoms with E-state index in [1.165, 1.54) is 0 Å². The zero-order valence-electron chi connectivity index (χ0n) is 6.83. The van der Waals surface area contributed by atoms with Gasteiger partial charge in [0.1, 0.15) is 6.29 Å². The van der Waals surface area contributed by atoms with Crippen molar-refractivity contribution in [3.63, 3.8) is 0 Å². The van der Waals surface area contributed by atoms with Gasteiger partial charge in [-0.3, -0.25) is 4.98 Å². The molecule has 0 spiro atoms. The Morgan fingerprint density at radius 2 is 2.50 bits per heavy atom. The van der Waals surface area contributed by atoms with Gasteiger partial charge in [0.05, 0.1) is 5.92 Å². The fourth-order valence-electron chi connectivity index (χ4n) is 1.06. The van der Waals surface area contributed by atoms with Crippen molar-refractivity contribution in [2.24, 2.45) is 0 Å². The van der Waals surface area contributed by atoms with Crippen molar-refractivity contribution < 1.29 is 4.79 Å². The van der Waals surface area contributed by atoms with Gasteiger partial charge in [0.25, 0.3) is 0 Å². The zero-order valence-corrected chi connectivity index (χ0v) is 8.41. The van der Waals surface area contributed by atoms with Crippen LogP contribution in [0.1, 0.15) is 17.0 Å². The van der Waals surface area contributed by atoms with Gasteiger partial charge in [-0.1, -0.05) is 15.9 Å². The quantitative estimate of drug-likeness (QED) is 0.585. The first-order chi connectivity index (χ1) is 5.79. The van der Waals surface area contributed by atoms with Gasteiger partial charge in [-0.2, -0.15) is 0 Å². The summed E-state index contributed by atoms with van der Waals surface area (Å²) in [5.74, 6) is -0.0706. The highest BCUT2D eigenvalue weighted by Crippen LogP contribution is 2.18. The number of hydrogen-bond donors (Lipinski definition) is 0. The Labute approximate surface area is 80.1 Å². The summed E-state index contributed by atoms with van der Waals surface area (Å²) in [6.45, 7) is 1.98. The molecule has 0 fully saturated rings. The van der Waals surface area contributed by atoms with E-state index in [1.807, 2.05) is 13.0 Å². The summed E-state index contributed by atoms with van der Waals surface area (Å²) in [5, 5.41) is 0.656. The highest BCUT2D eigenvalue weighted by Gasteiger charge is 2.10. The lowest BCUT2D eigenvalue weighted by atomic mass is 10.0. The van der Waals surface area contributed by atoms with E-state index < -0.39 is 0 Å². The molecular formula is C9H10BrNO. The van der Waals surface area contributed by atoms with E-state index in [0.717, 1.165) is 17.4 Å². The lowest BCUT2D eigenvalue weighted by Gasteiger charge is -2.08. The third kappa shape index (κ3) is 1.91. The van der Waals surface area contributed by atoms with E-state index in [0.29, 0.717) is 5.33 Å². The van der Waals surface area contributed by atoms with Gasteiger partial charge in [0.15, 0.2) is 0 Å². The smallest absolute Gasteiger partial charge is 0.128 e. The molecule has 0 aliphatic rings. The van der Waals surface area contributed by atoms with Crippen LogP contribution in [0, 0.1) is 6.92 Å². The number of hydrogen-bond acceptors (Lipinski definition) is 2. The first-order valence-corrected chi connectivity index (χ1v) is 4.83. The number of carbonyl (C=O) groups excluding carboxylic acids is 1. The van der Waals surface area contributed by atoms with Gasteiger partial charge >= 0.3 is 0 Å². The lowest BCUT2D eigenvalue weighted by Crippen LogP contribution is -2.03. The first-order valence-electron chi connectivity index (χ1n) is 3.71. The van der Waals surface area contributed by atoms with Crippen LogP contribution < -0.4 is 0 Å². The van der Waals surface area contributed by atoms with Crippen LogP contribution in [0.5, 0.6) is 0 Å². The SMILES string of the molecule is Cc1ccncc1C(C=O)CBr. The van der Waals surface area contributed by atoms with Crippen molar-refractivity contribution in [1.82, 2.24) is 4.98 Å². The van der Waals surface area contributed by atoms with Crippen molar-refractivity contribution in [2.75, 3.05) is 5.33 Å². The van der Waals surface area contributed by atoms with Gasteiger partial charge < -0.3 is 4.79 Å². The number of aromatic nitrogens is 1. The van der Waals surface area contributed by atoms with E-state index >= 15 is 0 Å². The fourth-order valence-corrected chi connectivity index (χ4v) is 1.56. The molecule has 0 amide bonds. The summed E-state index contributed by atoms with van der Waals surface area (Å²) in [7, 11) is 0. The minimum absolute atomic E-state index is 0.0706. The highest BCUT2D eigenvalue weighted by atomic mass is 79.9. The molecule has 0 saturated heterocycles. The summed E-state index contributed by atoms with van der Waals surface area (Å²) in [6, 6.07) is 1.91. The molecule has 1 aromatic rings. The van der Waals surface area contributed by atoms with Crippen molar-refractivity contribution in [3.05, 3.63) is 29.6 Å². The van der Waals surface area contributed by atoms with Crippen molar-refractivity contribution in [3.8, 4) is 0 Å². The molecule has 1 unspecified atom stereocenters. The summed E-state index contributed by atoms with van der Waals surface area (Å²) >= 11 is 3.29. The van der Waals surface area contributed by atoms with Crippen LogP contribution in [-0.4, -0.2) is 16.6 Å². The molecule has 1 rings (SSSR count). The Morgan fingerprint density at radius 1 is 1.75 bits per heavy atom. The van der Waals surface area contributed by atoms with E-state index in [2.05, 4.69) is 20.9 Å². The molecule has 0 aliphatic heterocycles. The van der Waals surface area contributed by atoms with E-state index in [1.54, 1.807) is 12.4 Å². The highest BCUT2D eigenvalue weighted by molar-refractivity contribution is 9.09. The summed E-state index contributed by atoms with van der Waals surface area (Å²) in [4.78, 5) is 14.6. The summed E-state index contributed by atoms with van der Waals surface area (Å²) in [6.07, 6.45) is 4.42. The molecule has 3 heteroatoms. The Hall–Kier alpha value is -0.700. The van der Waals surface area contributed by atoms with E-state index in [9.17, 15) is 4.79 Å². The maximum atomic E-state index is 10.6. The molecule has 0 N–H and O–H groups in total. The Kier molecular flexibility index (Phi) is 3.41. The predicted octanol–water partition coefficient (Wildman–Crippen LogP) is 2.07. The van der Waals surface area contributed by atoms with Crippen LogP contribution >= 0.6 is 15.9 Å². The molecular weight excluding hydrogens is 218 g/mol. The van der Waals surface area contributed by atoms with Crippen molar-refractivity contribution >= 4 is 22.2 Å². The second-order valence-electron chi connectivity index (χ2n) is 2.63. The van der Waals surface area contributed by atoms with E-state index in [4.69, 9.17) is 0 Å². The molecule has 1 heterocycles. The average molecular weight is 228 g/mol. The monoisotopic (exact) mass is 227 g/mol. The number of alkyl halides is 1. The topological polar surface area (TPSA) is 30.0 Å². The third-order valence-corrected chi connectivity index (χ3v) is 2.51. The number of halogens is 1. The minimum atomic E-state index is -0.0706. The van der Waals surface area contributed by atoms with Crippen LogP contribution in [-0.2, 0) is 4.79 Å². The number of rotatable bonds is 3. The Bertz CT molecular complexity index is 275. The summed E-state index contributed by atoms with van der Waals surface area (Å²) in [5.41, 5.74) is 2.12. The molecule has 12 heavy (non-hydrogen) atoms. The molecule has 0 aliphatic carbocycles. The molecule has 0 aromatic carbocycles. The van der Waals surface area contributed by atoms with Crippen LogP contribution in [0.15, 0.2) is 18.5 Å². The maximum absolute atomic E-state index is 10.6. The number of nitrogens with zero attached hydrogens (tertiary/aromatic N) is 1. The molecule has 1 aromatic heterocycles. The van der Waals surface area contributed by atoms with Gasteiger partial charge in [0.2, 0.25) is 0 Å². The second-order valence-corrected chi connectivity index (χ2v) is 3.28. The van der Waals surface area contributed by atoms with Gasteiger partial charge in [-0.15, -0.1) is 0 Å². The third-order valence-electron chi connectivity index (χ3n) is 1.81. The maximum Gasteiger partial charge on any atom is 0.128 e. The van der Waals surface area contributed by atoms with E-state index in [-0.39, 0.29) is 5.92 Å². The predicted molar refractivity (Wildman–Crippen MR) is 51.6 cm³/mol. The lowest BCUT2D eigenvalue weighted by molar-refractivity contribution is -0.108. The fraction of sp³-hybridized carbons (Fsp3) is 0.333. The largest absolute Gasteiger partial charge is 0.303 e. The van der Waals surface area contributed by atoms with Crippen LogP contribution in [0.3, 0.4) is 0 Å².